The Balaban J connectivity index is 2.55. The van der Waals surface area contributed by atoms with Crippen LogP contribution in [0.25, 0.3) is 0 Å². The van der Waals surface area contributed by atoms with Gasteiger partial charge in [-0.15, -0.1) is 11.3 Å². The molecule has 0 aliphatic rings. The SMILES string of the molecule is CC(C)N(C)CCNS(=O)(=O)c1sccc1Br. The van der Waals surface area contributed by atoms with Gasteiger partial charge in [0.05, 0.1) is 0 Å². The van der Waals surface area contributed by atoms with E-state index in [-0.39, 0.29) is 0 Å². The van der Waals surface area contributed by atoms with Gasteiger partial charge in [-0.2, -0.15) is 0 Å². The predicted octanol–water partition coefficient (Wildman–Crippen LogP) is 2.13. The molecule has 0 aromatic carbocycles. The van der Waals surface area contributed by atoms with E-state index in [0.29, 0.717) is 27.8 Å². The molecule has 7 heteroatoms. The summed E-state index contributed by atoms with van der Waals surface area (Å²) in [7, 11) is -1.40. The minimum Gasteiger partial charge on any atom is -0.303 e. The summed E-state index contributed by atoms with van der Waals surface area (Å²) in [5.74, 6) is 0. The van der Waals surface area contributed by atoms with Gasteiger partial charge in [0.25, 0.3) is 10.0 Å². The second-order valence-corrected chi connectivity index (χ2v) is 7.76. The van der Waals surface area contributed by atoms with Crippen molar-refractivity contribution in [1.29, 1.82) is 0 Å². The Hall–Kier alpha value is 0.0500. The van der Waals surface area contributed by atoms with Crippen molar-refractivity contribution >= 4 is 37.3 Å². The van der Waals surface area contributed by atoms with Crippen molar-refractivity contribution in [2.75, 3.05) is 20.1 Å². The highest BCUT2D eigenvalue weighted by Gasteiger charge is 2.18. The number of nitrogens with one attached hydrogen (secondary N) is 1. The minimum absolute atomic E-state index is 0.338. The quantitative estimate of drug-likeness (QED) is 0.862. The highest BCUT2D eigenvalue weighted by Crippen LogP contribution is 2.27. The molecule has 1 aromatic heterocycles. The monoisotopic (exact) mass is 340 g/mol. The molecule has 4 nitrogen and oxygen atoms in total. The summed E-state index contributed by atoms with van der Waals surface area (Å²) in [6.07, 6.45) is 0. The maximum absolute atomic E-state index is 11.9. The fourth-order valence-electron chi connectivity index (χ4n) is 1.15. The first-order chi connectivity index (χ1) is 7.84. The average molecular weight is 341 g/mol. The van der Waals surface area contributed by atoms with Crippen molar-refractivity contribution < 1.29 is 8.42 Å². The second-order valence-electron chi connectivity index (χ2n) is 4.03. The molecular weight excluding hydrogens is 324 g/mol. The molecule has 0 radical (unpaired) electrons. The maximum Gasteiger partial charge on any atom is 0.251 e. The summed E-state index contributed by atoms with van der Waals surface area (Å²) < 4.78 is 27.4. The molecule has 0 atom stereocenters. The van der Waals surface area contributed by atoms with E-state index >= 15 is 0 Å². The van der Waals surface area contributed by atoms with E-state index in [9.17, 15) is 8.42 Å². The van der Waals surface area contributed by atoms with Crippen LogP contribution in [0.5, 0.6) is 0 Å². The van der Waals surface area contributed by atoms with Crippen LogP contribution in [0.3, 0.4) is 0 Å². The third kappa shape index (κ3) is 4.33. The zero-order valence-electron chi connectivity index (χ0n) is 10.1. The Morgan fingerprint density at radius 3 is 2.65 bits per heavy atom. The van der Waals surface area contributed by atoms with Gasteiger partial charge in [0.2, 0.25) is 0 Å². The number of thiophene rings is 1. The summed E-state index contributed by atoms with van der Waals surface area (Å²) in [5.41, 5.74) is 0. The van der Waals surface area contributed by atoms with Crippen molar-refractivity contribution in [1.82, 2.24) is 9.62 Å². The van der Waals surface area contributed by atoms with Gasteiger partial charge in [0.15, 0.2) is 0 Å². The van der Waals surface area contributed by atoms with E-state index in [1.165, 1.54) is 11.3 Å². The lowest BCUT2D eigenvalue weighted by Crippen LogP contribution is -2.35. The van der Waals surface area contributed by atoms with Crippen molar-refractivity contribution in [2.24, 2.45) is 0 Å². The van der Waals surface area contributed by atoms with Gasteiger partial charge in [-0.1, -0.05) is 0 Å². The third-order valence-electron chi connectivity index (χ3n) is 2.47. The van der Waals surface area contributed by atoms with E-state index < -0.39 is 10.0 Å². The van der Waals surface area contributed by atoms with Gasteiger partial charge in [-0.3, -0.25) is 0 Å². The molecule has 17 heavy (non-hydrogen) atoms. The van der Waals surface area contributed by atoms with Crippen molar-refractivity contribution in [3.8, 4) is 0 Å². The molecule has 0 aliphatic carbocycles. The van der Waals surface area contributed by atoms with Crippen LogP contribution in [-0.2, 0) is 10.0 Å². The van der Waals surface area contributed by atoms with Crippen LogP contribution in [0.4, 0.5) is 0 Å². The van der Waals surface area contributed by atoms with Gasteiger partial charge in [0, 0.05) is 23.6 Å². The van der Waals surface area contributed by atoms with Crippen LogP contribution in [-0.4, -0.2) is 39.5 Å². The summed E-state index contributed by atoms with van der Waals surface area (Å²) >= 11 is 4.44. The number of likely N-dealkylation sites (N-methyl/N-ethyl adjacent to an activating group) is 1. The van der Waals surface area contributed by atoms with Crippen molar-refractivity contribution in [3.63, 3.8) is 0 Å². The van der Waals surface area contributed by atoms with Crippen LogP contribution < -0.4 is 4.72 Å². The molecule has 0 bridgehead atoms. The van der Waals surface area contributed by atoms with Gasteiger partial charge >= 0.3 is 0 Å². The molecule has 0 saturated carbocycles. The molecular formula is C10H17BrN2O2S2. The number of hydrogen-bond donors (Lipinski definition) is 1. The fourth-order valence-corrected chi connectivity index (χ4v) is 4.55. The number of sulfonamides is 1. The molecule has 98 valence electrons. The lowest BCUT2D eigenvalue weighted by molar-refractivity contribution is 0.278. The molecule has 0 unspecified atom stereocenters. The number of halogens is 1. The largest absolute Gasteiger partial charge is 0.303 e. The first-order valence-electron chi connectivity index (χ1n) is 5.27. The topological polar surface area (TPSA) is 49.4 Å². The third-order valence-corrected chi connectivity index (χ3v) is 6.60. The zero-order valence-corrected chi connectivity index (χ0v) is 13.3. The zero-order chi connectivity index (χ0) is 13.1. The van der Waals surface area contributed by atoms with E-state index in [1.807, 2.05) is 7.05 Å². The van der Waals surface area contributed by atoms with Crippen LogP contribution in [0.2, 0.25) is 0 Å². The summed E-state index contributed by atoms with van der Waals surface area (Å²) in [4.78, 5) is 2.09. The highest BCUT2D eigenvalue weighted by molar-refractivity contribution is 9.10. The predicted molar refractivity (Wildman–Crippen MR) is 75.0 cm³/mol. The molecule has 1 rings (SSSR count). The Kier molecular flexibility index (Phi) is 5.59. The molecule has 0 spiro atoms. The molecule has 0 aliphatic heterocycles. The summed E-state index contributed by atoms with van der Waals surface area (Å²) in [6.45, 7) is 5.26. The Morgan fingerprint density at radius 2 is 2.18 bits per heavy atom. The van der Waals surface area contributed by atoms with E-state index in [1.54, 1.807) is 11.4 Å². The maximum atomic E-state index is 11.9. The lowest BCUT2D eigenvalue weighted by atomic mass is 10.3. The fraction of sp³-hybridized carbons (Fsp3) is 0.600. The van der Waals surface area contributed by atoms with E-state index in [4.69, 9.17) is 0 Å². The second kappa shape index (κ2) is 6.29. The van der Waals surface area contributed by atoms with Gasteiger partial charge in [0.1, 0.15) is 4.21 Å². The first kappa shape index (κ1) is 15.1. The van der Waals surface area contributed by atoms with Gasteiger partial charge in [-0.05, 0) is 48.3 Å². The normalized spacial score (nSPS) is 12.6. The van der Waals surface area contributed by atoms with Crippen LogP contribution in [0.1, 0.15) is 13.8 Å². The van der Waals surface area contributed by atoms with E-state index in [0.717, 1.165) is 0 Å². The Morgan fingerprint density at radius 1 is 1.53 bits per heavy atom. The van der Waals surface area contributed by atoms with E-state index in [2.05, 4.69) is 39.4 Å². The molecule has 0 fully saturated rings. The molecule has 1 aromatic rings. The smallest absolute Gasteiger partial charge is 0.251 e. The highest BCUT2D eigenvalue weighted by atomic mass is 79.9. The lowest BCUT2D eigenvalue weighted by Gasteiger charge is -2.20. The summed E-state index contributed by atoms with van der Waals surface area (Å²) in [6, 6.07) is 2.15. The molecule has 0 saturated heterocycles. The first-order valence-corrected chi connectivity index (χ1v) is 8.43. The average Bonchev–Trinajstić information content (AvgIpc) is 2.64. The Bertz CT molecular complexity index is 457. The number of nitrogens with zero attached hydrogens (tertiary/aromatic N) is 1. The molecule has 1 heterocycles. The standard InChI is InChI=1S/C10H17BrN2O2S2/c1-8(2)13(3)6-5-12-17(14,15)10-9(11)4-7-16-10/h4,7-8,12H,5-6H2,1-3H3. The summed E-state index contributed by atoms with van der Waals surface area (Å²) in [5, 5.41) is 1.75. The van der Waals surface area contributed by atoms with Crippen molar-refractivity contribution in [3.05, 3.63) is 15.9 Å². The molecule has 1 N–H and O–H groups in total. The number of rotatable bonds is 6. The van der Waals surface area contributed by atoms with Crippen LogP contribution in [0, 0.1) is 0 Å². The minimum atomic E-state index is -3.37. The van der Waals surface area contributed by atoms with Gasteiger partial charge < -0.3 is 4.90 Å². The van der Waals surface area contributed by atoms with Gasteiger partial charge in [-0.25, -0.2) is 13.1 Å². The number of hydrogen-bond acceptors (Lipinski definition) is 4. The van der Waals surface area contributed by atoms with Crippen LogP contribution in [0.15, 0.2) is 20.1 Å². The van der Waals surface area contributed by atoms with Crippen LogP contribution >= 0.6 is 27.3 Å². The Labute approximate surface area is 115 Å². The molecule has 0 amide bonds. The van der Waals surface area contributed by atoms with Crippen molar-refractivity contribution in [2.45, 2.75) is 24.1 Å².